The van der Waals surface area contributed by atoms with Crippen molar-refractivity contribution >= 4 is 17.3 Å². The maximum atomic E-state index is 13.1. The lowest BCUT2D eigenvalue weighted by atomic mass is 10.1. The minimum atomic E-state index is -4.52. The summed E-state index contributed by atoms with van der Waals surface area (Å²) in [6.45, 7) is 1.70. The monoisotopic (exact) mass is 475 g/mol. The molecule has 3 rings (SSSR count). The fourth-order valence-electron chi connectivity index (χ4n) is 3.24. The van der Waals surface area contributed by atoms with Crippen molar-refractivity contribution in [3.05, 3.63) is 75.8 Å². The Morgan fingerprint density at radius 3 is 2.50 bits per heavy atom. The zero-order valence-electron chi connectivity index (χ0n) is 18.5. The Labute approximate surface area is 193 Å². The Hall–Kier alpha value is -4.06. The molecule has 0 saturated heterocycles. The molecule has 0 aliphatic heterocycles. The van der Waals surface area contributed by atoms with Gasteiger partial charge in [0.1, 0.15) is 11.6 Å². The summed E-state index contributed by atoms with van der Waals surface area (Å²) in [5, 5.41) is 6.34. The molecule has 0 fully saturated rings. The zero-order valence-corrected chi connectivity index (χ0v) is 18.5. The molecule has 9 nitrogen and oxygen atoms in total. The fourth-order valence-corrected chi connectivity index (χ4v) is 3.24. The third-order valence-corrected chi connectivity index (χ3v) is 4.99. The number of aryl methyl sites for hydroxylation is 2. The predicted octanol–water partition coefficient (Wildman–Crippen LogP) is 2.98. The topological polar surface area (TPSA) is 133 Å². The fraction of sp³-hybridized carbons (Fsp3) is 0.227. The lowest BCUT2D eigenvalue weighted by Crippen LogP contribution is -2.31. The smallest absolute Gasteiger partial charge is 0.416 e. The van der Waals surface area contributed by atoms with E-state index in [4.69, 9.17) is 16.4 Å². The third kappa shape index (κ3) is 5.64. The number of methoxy groups -OCH3 is 1. The Morgan fingerprint density at radius 2 is 1.91 bits per heavy atom. The minimum Gasteiger partial charge on any atom is -0.495 e. The highest BCUT2D eigenvalue weighted by molar-refractivity contribution is 5.81. The van der Waals surface area contributed by atoms with Gasteiger partial charge < -0.3 is 21.3 Å². The van der Waals surface area contributed by atoms with Gasteiger partial charge in [0.2, 0.25) is 0 Å². The SMILES string of the molecule is COc1cc(C(F)(F)F)ccc1Nc1nc(C)cn(-c2ccc(CC/C(=N/N)NN)cc2)c1=O. The first kappa shape index (κ1) is 24.6. The highest BCUT2D eigenvalue weighted by Crippen LogP contribution is 2.35. The lowest BCUT2D eigenvalue weighted by molar-refractivity contribution is -0.137. The molecule has 3 aromatic rings. The molecular formula is C22H24F3N7O2. The van der Waals surface area contributed by atoms with Crippen molar-refractivity contribution in [2.45, 2.75) is 25.9 Å². The maximum Gasteiger partial charge on any atom is 0.416 e. The van der Waals surface area contributed by atoms with Crippen LogP contribution < -0.4 is 32.7 Å². The normalized spacial score (nSPS) is 11.9. The number of halogens is 3. The summed E-state index contributed by atoms with van der Waals surface area (Å²) in [4.78, 5) is 17.3. The number of anilines is 2. The summed E-state index contributed by atoms with van der Waals surface area (Å²) >= 11 is 0. The van der Waals surface area contributed by atoms with E-state index < -0.39 is 17.3 Å². The van der Waals surface area contributed by atoms with Gasteiger partial charge in [0.25, 0.3) is 5.56 Å². The molecule has 6 N–H and O–H groups in total. The van der Waals surface area contributed by atoms with Gasteiger partial charge in [-0.2, -0.15) is 18.3 Å². The van der Waals surface area contributed by atoms with Crippen LogP contribution in [0.1, 0.15) is 23.2 Å². The van der Waals surface area contributed by atoms with E-state index in [0.29, 0.717) is 30.1 Å². The van der Waals surface area contributed by atoms with E-state index in [0.717, 1.165) is 17.7 Å². The van der Waals surface area contributed by atoms with Crippen molar-refractivity contribution in [1.82, 2.24) is 15.0 Å². The number of nitrogens with two attached hydrogens (primary N) is 2. The minimum absolute atomic E-state index is 0.0556. The molecule has 34 heavy (non-hydrogen) atoms. The summed E-state index contributed by atoms with van der Waals surface area (Å²) in [7, 11) is 1.25. The average molecular weight is 475 g/mol. The summed E-state index contributed by atoms with van der Waals surface area (Å²) in [6.07, 6.45) is -1.80. The van der Waals surface area contributed by atoms with Crippen molar-refractivity contribution in [2.75, 3.05) is 12.4 Å². The molecule has 0 bridgehead atoms. The number of hydrazine groups is 1. The summed E-state index contributed by atoms with van der Waals surface area (Å²) in [5.74, 6) is 10.9. The van der Waals surface area contributed by atoms with Gasteiger partial charge in [-0.05, 0) is 49.2 Å². The summed E-state index contributed by atoms with van der Waals surface area (Å²) in [6, 6.07) is 10.2. The van der Waals surface area contributed by atoms with E-state index in [2.05, 4.69) is 20.8 Å². The van der Waals surface area contributed by atoms with Gasteiger partial charge in [-0.25, -0.2) is 10.8 Å². The zero-order chi connectivity index (χ0) is 24.9. The van der Waals surface area contributed by atoms with Crippen molar-refractivity contribution in [3.63, 3.8) is 0 Å². The number of ether oxygens (including phenoxy) is 1. The van der Waals surface area contributed by atoms with Crippen molar-refractivity contribution in [3.8, 4) is 11.4 Å². The molecule has 0 aliphatic carbocycles. The van der Waals surface area contributed by atoms with Crippen molar-refractivity contribution < 1.29 is 17.9 Å². The van der Waals surface area contributed by atoms with Crippen LogP contribution >= 0.6 is 0 Å². The lowest BCUT2D eigenvalue weighted by Gasteiger charge is -2.15. The molecule has 0 aliphatic rings. The van der Waals surface area contributed by atoms with E-state index in [1.165, 1.54) is 17.7 Å². The Bertz CT molecular complexity index is 1240. The van der Waals surface area contributed by atoms with Crippen LogP contribution in [0.3, 0.4) is 0 Å². The van der Waals surface area contributed by atoms with Gasteiger partial charge in [-0.15, -0.1) is 0 Å². The second kappa shape index (κ2) is 10.3. The van der Waals surface area contributed by atoms with Crippen LogP contribution in [-0.2, 0) is 12.6 Å². The number of hydrogen-bond acceptors (Lipinski definition) is 7. The number of hydrogen-bond donors (Lipinski definition) is 4. The number of rotatable bonds is 7. The Balaban J connectivity index is 1.89. The molecule has 2 aromatic carbocycles. The van der Waals surface area contributed by atoms with Gasteiger partial charge in [-0.3, -0.25) is 9.36 Å². The first-order valence-electron chi connectivity index (χ1n) is 10.1. The van der Waals surface area contributed by atoms with Gasteiger partial charge in [0.05, 0.1) is 24.1 Å². The van der Waals surface area contributed by atoms with Crippen LogP contribution in [0.4, 0.5) is 24.7 Å². The van der Waals surface area contributed by atoms with E-state index in [-0.39, 0.29) is 17.3 Å². The second-order valence-electron chi connectivity index (χ2n) is 7.33. The number of nitrogens with zero attached hydrogens (tertiary/aromatic N) is 3. The summed E-state index contributed by atoms with van der Waals surface area (Å²) in [5.41, 5.74) is 3.34. The van der Waals surface area contributed by atoms with E-state index in [9.17, 15) is 18.0 Å². The Kier molecular flexibility index (Phi) is 7.41. The molecule has 0 amide bonds. The molecule has 180 valence electrons. The molecule has 1 heterocycles. The highest BCUT2D eigenvalue weighted by Gasteiger charge is 2.31. The second-order valence-corrected chi connectivity index (χ2v) is 7.33. The Morgan fingerprint density at radius 1 is 1.21 bits per heavy atom. The van der Waals surface area contributed by atoms with Crippen molar-refractivity contribution in [2.24, 2.45) is 16.8 Å². The largest absolute Gasteiger partial charge is 0.495 e. The molecular weight excluding hydrogens is 451 g/mol. The number of hydrazone groups is 1. The predicted molar refractivity (Wildman–Crippen MR) is 123 cm³/mol. The molecule has 0 unspecified atom stereocenters. The number of nitrogens with one attached hydrogen (secondary N) is 2. The number of benzene rings is 2. The third-order valence-electron chi connectivity index (χ3n) is 4.99. The van der Waals surface area contributed by atoms with Crippen LogP contribution in [0, 0.1) is 6.92 Å². The molecule has 0 spiro atoms. The molecule has 0 saturated carbocycles. The first-order valence-corrected chi connectivity index (χ1v) is 10.1. The van der Waals surface area contributed by atoms with Crippen LogP contribution in [0.5, 0.6) is 5.75 Å². The van der Waals surface area contributed by atoms with Crippen molar-refractivity contribution in [1.29, 1.82) is 0 Å². The molecule has 0 radical (unpaired) electrons. The quantitative estimate of drug-likeness (QED) is 0.179. The molecule has 1 aromatic heterocycles. The van der Waals surface area contributed by atoms with Gasteiger partial charge >= 0.3 is 6.18 Å². The standard InChI is InChI=1S/C22H24F3N7O2/c1-13-12-32(16-7-3-14(4-8-16)5-10-19(30-26)31-27)21(33)20(28-13)29-17-9-6-15(22(23,24)25)11-18(17)34-2/h3-4,6-9,11-12H,5,10,26-27H2,1-2H3,(H,28,29)(H,30,31). The molecule has 12 heteroatoms. The maximum absolute atomic E-state index is 13.1. The van der Waals surface area contributed by atoms with E-state index in [1.54, 1.807) is 25.3 Å². The number of aromatic nitrogens is 2. The average Bonchev–Trinajstić information content (AvgIpc) is 2.81. The van der Waals surface area contributed by atoms with Gasteiger partial charge in [0.15, 0.2) is 5.82 Å². The number of amidine groups is 1. The van der Waals surface area contributed by atoms with Gasteiger partial charge in [0, 0.05) is 18.3 Å². The van der Waals surface area contributed by atoms with Crippen LogP contribution in [-0.4, -0.2) is 22.5 Å². The van der Waals surface area contributed by atoms with Crippen LogP contribution in [0.15, 0.2) is 58.6 Å². The number of alkyl halides is 3. The van der Waals surface area contributed by atoms with Crippen LogP contribution in [0.2, 0.25) is 0 Å². The molecule has 0 atom stereocenters. The van der Waals surface area contributed by atoms with E-state index >= 15 is 0 Å². The highest BCUT2D eigenvalue weighted by atomic mass is 19.4. The van der Waals surface area contributed by atoms with Gasteiger partial charge in [-0.1, -0.05) is 12.1 Å². The van der Waals surface area contributed by atoms with E-state index in [1.807, 2.05) is 12.1 Å². The summed E-state index contributed by atoms with van der Waals surface area (Å²) < 4.78 is 45.5. The first-order chi connectivity index (χ1) is 16.2. The van der Waals surface area contributed by atoms with Crippen LogP contribution in [0.25, 0.3) is 5.69 Å².